The zero-order valence-corrected chi connectivity index (χ0v) is 53.6. The molecule has 0 saturated heterocycles. The van der Waals surface area contributed by atoms with Gasteiger partial charge >= 0.3 is 20.4 Å². The van der Waals surface area contributed by atoms with Crippen molar-refractivity contribution in [1.82, 2.24) is 0 Å². The summed E-state index contributed by atoms with van der Waals surface area (Å²) in [5.41, 5.74) is 21.4. The summed E-state index contributed by atoms with van der Waals surface area (Å²) in [7, 11) is 0. The molecule has 0 amide bonds. The van der Waals surface area contributed by atoms with Crippen molar-refractivity contribution in [3.05, 3.63) is 160 Å². The first-order valence-electron chi connectivity index (χ1n) is 33.6. The molecule has 0 atom stereocenters. The Balaban J connectivity index is 0.00000148. The summed E-state index contributed by atoms with van der Waals surface area (Å²) in [6.07, 6.45) is 57.5. The van der Waals surface area contributed by atoms with E-state index in [9.17, 15) is 5.53 Å². The Kier molecular flexibility index (Phi) is 48.1. The molecule has 3 heteroatoms. The third-order valence-electron chi connectivity index (χ3n) is 15.9. The van der Waals surface area contributed by atoms with Gasteiger partial charge in [-0.3, -0.25) is 0 Å². The van der Waals surface area contributed by atoms with E-state index in [0.717, 1.165) is 66.6 Å². The molecule has 0 bridgehead atoms. The van der Waals surface area contributed by atoms with E-state index >= 15 is 0 Å². The van der Waals surface area contributed by atoms with Gasteiger partial charge in [0.15, 0.2) is 0 Å². The van der Waals surface area contributed by atoms with Crippen LogP contribution in [0.3, 0.4) is 0 Å². The minimum Gasteiger partial charge on any atom is -0.493 e. The Morgan fingerprint density at radius 3 is 1.00 bits per heavy atom. The first-order chi connectivity index (χ1) is 39.1. The van der Waals surface area contributed by atoms with Crippen LogP contribution in [0.2, 0.25) is 0 Å². The Morgan fingerprint density at radius 2 is 0.675 bits per heavy atom. The molecule has 0 spiro atoms. The van der Waals surface area contributed by atoms with E-state index in [2.05, 4.69) is 100 Å². The number of benzene rings is 4. The van der Waals surface area contributed by atoms with Crippen molar-refractivity contribution in [3.8, 4) is 11.8 Å². The summed E-state index contributed by atoms with van der Waals surface area (Å²) in [5, 5.41) is 0. The van der Waals surface area contributed by atoms with Crippen LogP contribution < -0.4 is 0 Å². The number of unbranched alkanes of at least 4 members (excludes halogenated alkanes) is 36. The maximum Gasteiger partial charge on any atom is 2.00 e. The maximum absolute atomic E-state index is 12.3. The Bertz CT molecular complexity index is 2070. The van der Waals surface area contributed by atoms with E-state index in [0.29, 0.717) is 0 Å². The summed E-state index contributed by atoms with van der Waals surface area (Å²) in [5.74, 6) is 7.40. The fraction of sp³-hybridized carbons (Fsp3) is 0.610. The largest absolute Gasteiger partial charge is 2.00 e. The van der Waals surface area contributed by atoms with E-state index < -0.39 is 0 Å². The molecule has 0 saturated carbocycles. The molecule has 1 aliphatic rings. The molecule has 1 heterocycles. The van der Waals surface area contributed by atoms with Gasteiger partial charge in [-0.1, -0.05) is 289 Å². The quantitative estimate of drug-likeness (QED) is 0.0139. The Hall–Kier alpha value is -3.82. The van der Waals surface area contributed by atoms with E-state index in [1.165, 1.54) is 259 Å². The fourth-order valence-corrected chi connectivity index (χ4v) is 11.0. The van der Waals surface area contributed by atoms with Crippen molar-refractivity contribution >= 4 is 11.4 Å². The van der Waals surface area contributed by atoms with Crippen LogP contribution in [-0.2, 0) is 33.3 Å². The zero-order chi connectivity index (χ0) is 56.2. The molecular weight excluding hydrogens is 1060 g/mol. The van der Waals surface area contributed by atoms with Crippen LogP contribution in [0, 0.1) is 24.0 Å². The molecule has 0 unspecified atom stereocenters. The van der Waals surface area contributed by atoms with E-state index in [4.69, 9.17) is 0 Å². The first-order valence-corrected chi connectivity index (χ1v) is 33.6. The minimum absolute atomic E-state index is 0. The summed E-state index contributed by atoms with van der Waals surface area (Å²) in [6.45, 7) is 9.14. The summed E-state index contributed by atoms with van der Waals surface area (Å²) in [6, 6.07) is 42.9. The topological polar surface area (TPSA) is 25.3 Å². The van der Waals surface area contributed by atoms with Gasteiger partial charge in [-0.2, -0.15) is 72.8 Å². The van der Waals surface area contributed by atoms with Crippen LogP contribution in [0.25, 0.3) is 16.9 Å². The Labute approximate surface area is 509 Å². The number of hydrogen-bond acceptors (Lipinski definition) is 0. The van der Waals surface area contributed by atoms with Crippen molar-refractivity contribution in [2.24, 2.45) is 0 Å². The van der Waals surface area contributed by atoms with Gasteiger partial charge in [0.25, 0.3) is 0 Å². The van der Waals surface area contributed by atoms with Gasteiger partial charge in [0.05, 0.1) is 0 Å². The number of hydrogen-bond donors (Lipinski definition) is 0. The first kappa shape index (κ1) is 72.3. The van der Waals surface area contributed by atoms with Crippen LogP contribution in [-0.4, -0.2) is 4.70 Å². The molecule has 0 aromatic heterocycles. The van der Waals surface area contributed by atoms with Crippen LogP contribution >= 0.6 is 0 Å². The van der Waals surface area contributed by atoms with Crippen molar-refractivity contribution < 1.29 is 25.1 Å². The van der Waals surface area contributed by atoms with Gasteiger partial charge in [-0.05, 0) is 80.3 Å². The molecule has 0 N–H and O–H groups in total. The second-order valence-corrected chi connectivity index (χ2v) is 23.1. The van der Waals surface area contributed by atoms with Crippen LogP contribution in [0.1, 0.15) is 313 Å². The molecule has 2 nitrogen and oxygen atoms in total. The van der Waals surface area contributed by atoms with Gasteiger partial charge in [-0.25, -0.2) is 4.70 Å². The molecule has 444 valence electrons. The molecule has 0 radical (unpaired) electrons. The molecule has 0 fully saturated rings. The monoisotopic (exact) mass is 1170 g/mol. The van der Waals surface area contributed by atoms with Crippen molar-refractivity contribution in [2.75, 3.05) is 0 Å². The predicted octanol–water partition coefficient (Wildman–Crippen LogP) is 25.0. The predicted molar refractivity (Wildman–Crippen MR) is 348 cm³/mol. The molecule has 4 aromatic carbocycles. The number of aryl methyl sites for hydroxylation is 2. The number of allylic oxidation sites excluding steroid dienone is 2. The SMILES string of the molecule is CCCCCCCCCCCCCCCCCCCCCCCCCCCCC#CC1=C(c2cccc(CCCC)c2)[N+](=[N-])C(c2cccc(CCCC)c2)=C1CCCCCCCCCCC.[Pd+2].[c-]1ccccc1.[c-]1ccccc1. The second-order valence-electron chi connectivity index (χ2n) is 23.1. The molecule has 4 aromatic rings. The molecular formula is C77H116N2Pd. The van der Waals surface area contributed by atoms with Gasteiger partial charge < -0.3 is 5.53 Å². The zero-order valence-electron chi connectivity index (χ0n) is 52.0. The summed E-state index contributed by atoms with van der Waals surface area (Å²) < 4.78 is 1.53. The van der Waals surface area contributed by atoms with Crippen LogP contribution in [0.15, 0.2) is 120 Å². The van der Waals surface area contributed by atoms with Crippen LogP contribution in [0.5, 0.6) is 0 Å². The third kappa shape index (κ3) is 35.9. The smallest absolute Gasteiger partial charge is 0.493 e. The van der Waals surface area contributed by atoms with Gasteiger partial charge in [-0.15, -0.1) is 0 Å². The van der Waals surface area contributed by atoms with E-state index in [1.54, 1.807) is 0 Å². The Morgan fingerprint density at radius 1 is 0.350 bits per heavy atom. The van der Waals surface area contributed by atoms with E-state index in [1.807, 2.05) is 60.7 Å². The maximum atomic E-state index is 12.3. The normalized spacial score (nSPS) is 11.9. The van der Waals surface area contributed by atoms with Gasteiger partial charge in [0.1, 0.15) is 5.57 Å². The molecule has 0 aliphatic carbocycles. The average Bonchev–Trinajstić information content (AvgIpc) is 3.98. The third-order valence-corrected chi connectivity index (χ3v) is 15.9. The van der Waals surface area contributed by atoms with Crippen molar-refractivity contribution in [2.45, 2.75) is 304 Å². The average molecular weight is 1180 g/mol. The summed E-state index contributed by atoms with van der Waals surface area (Å²) in [4.78, 5) is 0. The number of rotatable bonds is 44. The molecule has 5 rings (SSSR count). The standard InChI is InChI=1S/C65H106N2.2C6H5.Pd/c1-5-9-13-15-17-19-20-21-22-23-24-25-26-27-28-29-30-31-32-33-34-35-36-37-39-41-43-45-55-63-62(54-44-42-40-38-18-16-14-10-6-2)64(60-52-46-50-58(56-60)48-11-7-3)67(66)65(63)61-53-47-51-59(57-61)49-12-8-4;2*1-2-4-6-5-3-1;/h46-47,50-53,56-57H,5-44,48-49,54H2,1-4H3;2*1-5H;/q;2*-1;+2. The van der Waals surface area contributed by atoms with Crippen LogP contribution in [0.4, 0.5) is 0 Å². The van der Waals surface area contributed by atoms with Crippen molar-refractivity contribution in [1.29, 1.82) is 0 Å². The van der Waals surface area contributed by atoms with E-state index in [-0.39, 0.29) is 20.4 Å². The summed E-state index contributed by atoms with van der Waals surface area (Å²) >= 11 is 0. The minimum atomic E-state index is 0. The second kappa shape index (κ2) is 53.2. The molecule has 80 heavy (non-hydrogen) atoms. The molecule has 1 aliphatic heterocycles. The van der Waals surface area contributed by atoms with Crippen molar-refractivity contribution in [3.63, 3.8) is 0 Å². The number of nitrogens with zero attached hydrogens (tertiary/aromatic N) is 2. The van der Waals surface area contributed by atoms with Gasteiger partial charge in [0, 0.05) is 23.1 Å². The fourth-order valence-electron chi connectivity index (χ4n) is 11.0. The van der Waals surface area contributed by atoms with Gasteiger partial charge in [0.2, 0.25) is 11.4 Å².